The minimum absolute atomic E-state index is 0.103. The van der Waals surface area contributed by atoms with Gasteiger partial charge in [0.15, 0.2) is 11.6 Å². The van der Waals surface area contributed by atoms with Crippen molar-refractivity contribution >= 4 is 56.9 Å². The molecule has 10 nitrogen and oxygen atoms in total. The molecule has 0 aliphatic rings. The molecule has 0 fully saturated rings. The maximum atomic E-state index is 12.6. The second-order valence-electron chi connectivity index (χ2n) is 7.37. The zero-order chi connectivity index (χ0) is 24.9. The van der Waals surface area contributed by atoms with E-state index in [1.807, 2.05) is 6.07 Å². The van der Waals surface area contributed by atoms with E-state index in [0.717, 1.165) is 4.31 Å². The number of anilines is 5. The number of nitrogens with one attached hydrogen (secondary N) is 2. The lowest BCUT2D eigenvalue weighted by Gasteiger charge is -2.23. The highest BCUT2D eigenvalue weighted by Crippen LogP contribution is 2.36. The van der Waals surface area contributed by atoms with Gasteiger partial charge in [-0.15, -0.1) is 0 Å². The highest BCUT2D eigenvalue weighted by Gasteiger charge is 2.23. The molecular formula is C24H23N5O5S. The zero-order valence-corrected chi connectivity index (χ0v) is 20.0. The van der Waals surface area contributed by atoms with Gasteiger partial charge in [-0.3, -0.25) is 9.35 Å². The van der Waals surface area contributed by atoms with Crippen molar-refractivity contribution in [1.29, 1.82) is 0 Å². The van der Waals surface area contributed by atoms with E-state index >= 15 is 0 Å². The van der Waals surface area contributed by atoms with Gasteiger partial charge < -0.3 is 20.1 Å². The van der Waals surface area contributed by atoms with Gasteiger partial charge in [-0.2, -0.15) is 0 Å². The van der Waals surface area contributed by atoms with Crippen LogP contribution in [0, 0.1) is 0 Å². The Kier molecular flexibility index (Phi) is 7.09. The van der Waals surface area contributed by atoms with E-state index in [0.29, 0.717) is 39.6 Å². The Morgan fingerprint density at radius 3 is 2.17 bits per heavy atom. The Bertz CT molecular complexity index is 1390. The molecule has 3 N–H and O–H groups in total. The molecule has 1 aromatic heterocycles. The molecular weight excluding hydrogens is 470 g/mol. The van der Waals surface area contributed by atoms with Crippen LogP contribution >= 0.6 is 0 Å². The van der Waals surface area contributed by atoms with E-state index in [9.17, 15) is 13.6 Å². The Labute approximate surface area is 204 Å². The first-order chi connectivity index (χ1) is 16.9. The standard InChI is InChI=1S/C24H23N5O5S/c1-15(30)25-16-7-6-8-18(11-16)29(35(31)32)24-23(27-21-9-4-5-10-22(21)28-24)26-17-12-19(33-2)14-20(13-17)34-3/h4-14H,1-3H3,(H,25,30)(H,26,27)(H,31,32). The highest BCUT2D eigenvalue weighted by molar-refractivity contribution is 7.81. The number of carbonyl (C=O) groups excluding carboxylic acids is 1. The van der Waals surface area contributed by atoms with Crippen LogP contribution in [0.15, 0.2) is 66.7 Å². The molecule has 3 aromatic carbocycles. The summed E-state index contributed by atoms with van der Waals surface area (Å²) in [6, 6.07) is 18.9. The van der Waals surface area contributed by atoms with Crippen LogP contribution in [-0.4, -0.2) is 38.9 Å². The summed E-state index contributed by atoms with van der Waals surface area (Å²) in [6.45, 7) is 1.38. The number of methoxy groups -OCH3 is 2. The minimum atomic E-state index is -2.52. The van der Waals surface area contributed by atoms with Crippen LogP contribution in [0.4, 0.5) is 28.7 Å². The molecule has 0 spiro atoms. The third-order valence-electron chi connectivity index (χ3n) is 4.92. The van der Waals surface area contributed by atoms with Crippen LogP contribution in [0.1, 0.15) is 6.92 Å². The van der Waals surface area contributed by atoms with Gasteiger partial charge in [0.25, 0.3) is 11.3 Å². The topological polar surface area (TPSA) is 126 Å². The fraction of sp³-hybridized carbons (Fsp3) is 0.125. The normalized spacial score (nSPS) is 11.5. The van der Waals surface area contributed by atoms with Crippen molar-refractivity contribution in [3.63, 3.8) is 0 Å². The number of nitrogens with zero attached hydrogens (tertiary/aromatic N) is 3. The summed E-state index contributed by atoms with van der Waals surface area (Å²) in [7, 11) is 3.08. The third-order valence-corrected chi connectivity index (χ3v) is 5.61. The SMILES string of the molecule is COc1cc(Nc2nc3ccccc3nc2N(c2cccc(NC(C)=O)c2)S(=O)O)cc(OC)c1. The molecule has 0 aliphatic heterocycles. The van der Waals surface area contributed by atoms with Crippen LogP contribution in [-0.2, 0) is 16.1 Å². The largest absolute Gasteiger partial charge is 0.497 e. The van der Waals surface area contributed by atoms with Gasteiger partial charge in [-0.05, 0) is 30.3 Å². The van der Waals surface area contributed by atoms with Crippen LogP contribution < -0.4 is 24.4 Å². The molecule has 35 heavy (non-hydrogen) atoms. The monoisotopic (exact) mass is 493 g/mol. The maximum Gasteiger partial charge on any atom is 0.268 e. The fourth-order valence-electron chi connectivity index (χ4n) is 3.43. The lowest BCUT2D eigenvalue weighted by Crippen LogP contribution is -2.22. The number of fused-ring (bicyclic) bond motifs is 1. The number of hydrogen-bond acceptors (Lipinski definition) is 7. The average molecular weight is 494 g/mol. The van der Waals surface area contributed by atoms with Crippen molar-refractivity contribution in [2.24, 2.45) is 0 Å². The second-order valence-corrected chi connectivity index (χ2v) is 8.19. The minimum Gasteiger partial charge on any atom is -0.497 e. The summed E-state index contributed by atoms with van der Waals surface area (Å²) in [6.07, 6.45) is 0. The van der Waals surface area contributed by atoms with Gasteiger partial charge in [-0.25, -0.2) is 18.5 Å². The first-order valence-electron chi connectivity index (χ1n) is 10.4. The predicted octanol–water partition coefficient (Wildman–Crippen LogP) is 4.62. The van der Waals surface area contributed by atoms with Crippen LogP contribution in [0.2, 0.25) is 0 Å². The summed E-state index contributed by atoms with van der Waals surface area (Å²) < 4.78 is 34.7. The number of para-hydroxylation sites is 2. The zero-order valence-electron chi connectivity index (χ0n) is 19.2. The Balaban J connectivity index is 1.88. The molecule has 4 aromatic rings. The van der Waals surface area contributed by atoms with E-state index in [1.165, 1.54) is 6.92 Å². The first-order valence-corrected chi connectivity index (χ1v) is 11.5. The molecule has 1 heterocycles. The summed E-state index contributed by atoms with van der Waals surface area (Å²) in [5.74, 6) is 1.16. The lowest BCUT2D eigenvalue weighted by molar-refractivity contribution is -0.114. The predicted molar refractivity (Wildman–Crippen MR) is 136 cm³/mol. The molecule has 0 saturated heterocycles. The third kappa shape index (κ3) is 5.48. The van der Waals surface area contributed by atoms with Gasteiger partial charge in [0, 0.05) is 36.5 Å². The molecule has 0 radical (unpaired) electrons. The van der Waals surface area contributed by atoms with Crippen molar-refractivity contribution in [2.75, 3.05) is 29.2 Å². The van der Waals surface area contributed by atoms with Gasteiger partial charge >= 0.3 is 0 Å². The first kappa shape index (κ1) is 23.9. The quantitative estimate of drug-likeness (QED) is 0.304. The van der Waals surface area contributed by atoms with E-state index in [-0.39, 0.29) is 17.5 Å². The van der Waals surface area contributed by atoms with Crippen molar-refractivity contribution < 1.29 is 23.0 Å². The summed E-state index contributed by atoms with van der Waals surface area (Å²) in [4.78, 5) is 20.8. The Morgan fingerprint density at radius 1 is 0.914 bits per heavy atom. The molecule has 11 heteroatoms. The van der Waals surface area contributed by atoms with Gasteiger partial charge in [0.2, 0.25) is 5.91 Å². The number of carbonyl (C=O) groups is 1. The van der Waals surface area contributed by atoms with Crippen molar-refractivity contribution in [3.05, 3.63) is 66.7 Å². The molecule has 0 aliphatic carbocycles. The van der Waals surface area contributed by atoms with Gasteiger partial charge in [0.1, 0.15) is 11.5 Å². The average Bonchev–Trinajstić information content (AvgIpc) is 2.83. The van der Waals surface area contributed by atoms with Crippen molar-refractivity contribution in [2.45, 2.75) is 6.92 Å². The fourth-order valence-corrected chi connectivity index (χ4v) is 4.00. The van der Waals surface area contributed by atoms with Crippen molar-refractivity contribution in [1.82, 2.24) is 9.97 Å². The Morgan fingerprint density at radius 2 is 1.57 bits per heavy atom. The Hall–Kier alpha value is -4.22. The smallest absolute Gasteiger partial charge is 0.268 e. The van der Waals surface area contributed by atoms with E-state index in [1.54, 1.807) is 74.9 Å². The molecule has 1 unspecified atom stereocenters. The molecule has 4 rings (SSSR count). The van der Waals surface area contributed by atoms with Crippen molar-refractivity contribution in [3.8, 4) is 11.5 Å². The number of aromatic nitrogens is 2. The second kappa shape index (κ2) is 10.4. The van der Waals surface area contributed by atoms with Crippen LogP contribution in [0.5, 0.6) is 11.5 Å². The van der Waals surface area contributed by atoms with Crippen LogP contribution in [0.3, 0.4) is 0 Å². The summed E-state index contributed by atoms with van der Waals surface area (Å²) in [5, 5.41) is 5.85. The van der Waals surface area contributed by atoms with E-state index in [4.69, 9.17) is 9.47 Å². The molecule has 0 saturated carbocycles. The van der Waals surface area contributed by atoms with E-state index < -0.39 is 11.3 Å². The number of hydrogen-bond donors (Lipinski definition) is 3. The molecule has 180 valence electrons. The highest BCUT2D eigenvalue weighted by atomic mass is 32.2. The number of benzene rings is 3. The maximum absolute atomic E-state index is 12.6. The number of rotatable bonds is 8. The van der Waals surface area contributed by atoms with E-state index in [2.05, 4.69) is 20.6 Å². The molecule has 0 bridgehead atoms. The summed E-state index contributed by atoms with van der Waals surface area (Å²) in [5.41, 5.74) is 2.48. The number of amides is 1. The molecule has 1 atom stereocenters. The summed E-state index contributed by atoms with van der Waals surface area (Å²) >= 11 is -2.52. The molecule has 1 amide bonds. The van der Waals surface area contributed by atoms with Crippen LogP contribution in [0.25, 0.3) is 11.0 Å². The van der Waals surface area contributed by atoms with Gasteiger partial charge in [-0.1, -0.05) is 18.2 Å². The number of ether oxygens (including phenoxy) is 2. The van der Waals surface area contributed by atoms with Gasteiger partial charge in [0.05, 0.1) is 30.9 Å². The lowest BCUT2D eigenvalue weighted by atomic mass is 10.2.